The van der Waals surface area contributed by atoms with Gasteiger partial charge in [0, 0.05) is 12.4 Å². The summed E-state index contributed by atoms with van der Waals surface area (Å²) in [6, 6.07) is 9.05. The number of aryl methyl sites for hydroxylation is 2. The van der Waals surface area contributed by atoms with Gasteiger partial charge in [0.25, 0.3) is 5.91 Å². The van der Waals surface area contributed by atoms with E-state index >= 15 is 0 Å². The molecule has 1 atom stereocenters. The molecule has 0 bridgehead atoms. The van der Waals surface area contributed by atoms with E-state index in [4.69, 9.17) is 11.6 Å². The first-order chi connectivity index (χ1) is 13.0. The number of amides is 1. The molecule has 7 heteroatoms. The van der Waals surface area contributed by atoms with E-state index in [0.717, 1.165) is 22.5 Å². The molecule has 0 spiro atoms. The summed E-state index contributed by atoms with van der Waals surface area (Å²) in [6.07, 6.45) is 5.37. The second-order valence-electron chi connectivity index (χ2n) is 6.61. The van der Waals surface area contributed by atoms with E-state index in [-0.39, 0.29) is 11.9 Å². The van der Waals surface area contributed by atoms with Gasteiger partial charge in [-0.1, -0.05) is 35.0 Å². The van der Waals surface area contributed by atoms with E-state index in [1.54, 1.807) is 28.0 Å². The highest BCUT2D eigenvalue weighted by Crippen LogP contribution is 2.32. The lowest BCUT2D eigenvalue weighted by atomic mass is 10.1. The van der Waals surface area contributed by atoms with Crippen LogP contribution in [0.3, 0.4) is 0 Å². The predicted molar refractivity (Wildman–Crippen MR) is 104 cm³/mol. The number of carbonyl (C=O) groups excluding carboxylic acids is 1. The lowest BCUT2D eigenvalue weighted by Crippen LogP contribution is -2.31. The quantitative estimate of drug-likeness (QED) is 0.671. The van der Waals surface area contributed by atoms with E-state index < -0.39 is 0 Å². The highest BCUT2D eigenvalue weighted by Gasteiger charge is 2.30. The topological polar surface area (TPSA) is 63.9 Å². The van der Waals surface area contributed by atoms with Crippen LogP contribution in [0.4, 0.5) is 0 Å². The zero-order valence-electron chi connectivity index (χ0n) is 15.2. The van der Waals surface area contributed by atoms with E-state index in [1.807, 2.05) is 51.1 Å². The van der Waals surface area contributed by atoms with Crippen molar-refractivity contribution in [1.82, 2.24) is 24.9 Å². The molecule has 0 N–H and O–H groups in total. The van der Waals surface area contributed by atoms with Gasteiger partial charge in [0.15, 0.2) is 5.82 Å². The Morgan fingerprint density at radius 1 is 1.19 bits per heavy atom. The van der Waals surface area contributed by atoms with Crippen molar-refractivity contribution in [1.29, 1.82) is 0 Å². The minimum absolute atomic E-state index is 0.166. The van der Waals surface area contributed by atoms with Gasteiger partial charge in [-0.25, -0.2) is 4.98 Å². The van der Waals surface area contributed by atoms with Crippen molar-refractivity contribution in [3.8, 4) is 5.82 Å². The van der Waals surface area contributed by atoms with Crippen molar-refractivity contribution >= 4 is 23.6 Å². The van der Waals surface area contributed by atoms with Crippen LogP contribution >= 0.6 is 11.6 Å². The van der Waals surface area contributed by atoms with E-state index in [2.05, 4.69) is 15.3 Å². The Balaban J connectivity index is 1.69. The summed E-state index contributed by atoms with van der Waals surface area (Å²) >= 11 is 6.34. The minimum atomic E-state index is -0.270. The summed E-state index contributed by atoms with van der Waals surface area (Å²) in [5.41, 5.74) is 3.95. The van der Waals surface area contributed by atoms with Crippen molar-refractivity contribution < 1.29 is 4.79 Å². The molecule has 136 valence electrons. The Morgan fingerprint density at radius 3 is 2.74 bits per heavy atom. The molecule has 1 aromatic carbocycles. The fourth-order valence-corrected chi connectivity index (χ4v) is 3.32. The highest BCUT2D eigenvalue weighted by atomic mass is 35.5. The molecule has 0 radical (unpaired) electrons. The molecular weight excluding hydrogens is 362 g/mol. The maximum Gasteiger partial charge on any atom is 0.259 e. The van der Waals surface area contributed by atoms with Crippen LogP contribution in [0.1, 0.15) is 45.8 Å². The molecule has 1 unspecified atom stereocenters. The second-order valence-corrected chi connectivity index (χ2v) is 6.98. The summed E-state index contributed by atoms with van der Waals surface area (Å²) in [5.74, 6) is 0.522. The van der Waals surface area contributed by atoms with Crippen LogP contribution in [0.2, 0.25) is 5.02 Å². The monoisotopic (exact) mass is 379 g/mol. The number of carbonyl (C=O) groups is 1. The average molecular weight is 380 g/mol. The minimum Gasteiger partial charge on any atom is -0.306 e. The maximum atomic E-state index is 13.0. The lowest BCUT2D eigenvalue weighted by Gasteiger charge is -2.28. The second kappa shape index (κ2) is 6.63. The largest absolute Gasteiger partial charge is 0.306 e. The first-order valence-electron chi connectivity index (χ1n) is 8.62. The van der Waals surface area contributed by atoms with Gasteiger partial charge in [0.2, 0.25) is 0 Å². The highest BCUT2D eigenvalue weighted by molar-refractivity contribution is 6.34. The van der Waals surface area contributed by atoms with Crippen LogP contribution < -0.4 is 0 Å². The van der Waals surface area contributed by atoms with Crippen LogP contribution in [0.25, 0.3) is 11.9 Å². The third kappa shape index (κ3) is 2.92. The van der Waals surface area contributed by atoms with Gasteiger partial charge in [-0.05, 0) is 50.1 Å². The SMILES string of the molecule is Cc1ccc(-n2nnc3c2C=CN(C(=O)c2cccc(C)c2Cl)C3C)nc1. The number of aromatic nitrogens is 4. The van der Waals surface area contributed by atoms with Crippen molar-refractivity contribution in [3.63, 3.8) is 0 Å². The fraction of sp³-hybridized carbons (Fsp3) is 0.200. The maximum absolute atomic E-state index is 13.0. The zero-order chi connectivity index (χ0) is 19.1. The molecule has 3 heterocycles. The Morgan fingerprint density at radius 2 is 2.00 bits per heavy atom. The van der Waals surface area contributed by atoms with Crippen LogP contribution in [0, 0.1) is 13.8 Å². The molecular formula is C20H18ClN5O. The van der Waals surface area contributed by atoms with Gasteiger partial charge >= 0.3 is 0 Å². The van der Waals surface area contributed by atoms with Crippen LogP contribution in [0.15, 0.2) is 42.7 Å². The summed E-state index contributed by atoms with van der Waals surface area (Å²) in [7, 11) is 0. The number of halogens is 1. The number of benzene rings is 1. The number of nitrogens with zero attached hydrogens (tertiary/aromatic N) is 5. The molecule has 1 amide bonds. The Hall–Kier alpha value is -2.99. The van der Waals surface area contributed by atoms with Gasteiger partial charge in [-0.15, -0.1) is 5.10 Å². The first kappa shape index (κ1) is 17.4. The fourth-order valence-electron chi connectivity index (χ4n) is 3.12. The van der Waals surface area contributed by atoms with Crippen molar-refractivity contribution in [2.75, 3.05) is 0 Å². The van der Waals surface area contributed by atoms with Crippen LogP contribution in [-0.4, -0.2) is 30.8 Å². The average Bonchev–Trinajstić information content (AvgIpc) is 3.09. The van der Waals surface area contributed by atoms with Gasteiger partial charge in [0.1, 0.15) is 5.69 Å². The van der Waals surface area contributed by atoms with E-state index in [1.165, 1.54) is 0 Å². The number of hydrogen-bond donors (Lipinski definition) is 0. The molecule has 6 nitrogen and oxygen atoms in total. The number of pyridine rings is 1. The van der Waals surface area contributed by atoms with Gasteiger partial charge in [0.05, 0.1) is 22.3 Å². The summed E-state index contributed by atoms with van der Waals surface area (Å²) in [6.45, 7) is 5.79. The van der Waals surface area contributed by atoms with Gasteiger partial charge in [-0.3, -0.25) is 4.79 Å². The van der Waals surface area contributed by atoms with Crippen LogP contribution in [0.5, 0.6) is 0 Å². The summed E-state index contributed by atoms with van der Waals surface area (Å²) in [4.78, 5) is 19.1. The molecule has 0 fully saturated rings. The number of hydrogen-bond acceptors (Lipinski definition) is 4. The third-order valence-corrected chi connectivity index (χ3v) is 5.21. The lowest BCUT2D eigenvalue weighted by molar-refractivity contribution is 0.0774. The van der Waals surface area contributed by atoms with Crippen molar-refractivity contribution in [2.45, 2.75) is 26.8 Å². The third-order valence-electron chi connectivity index (χ3n) is 4.71. The Labute approximate surface area is 162 Å². The number of fused-ring (bicyclic) bond motifs is 1. The molecule has 0 saturated heterocycles. The van der Waals surface area contributed by atoms with Gasteiger partial charge < -0.3 is 4.90 Å². The normalized spacial score (nSPS) is 15.7. The standard InChI is InChI=1S/C20H18ClN5O/c1-12-7-8-17(22-11-12)26-16-9-10-25(14(3)19(16)23-24-26)20(27)15-6-4-5-13(2)18(15)21/h4-11,14H,1-3H3. The summed E-state index contributed by atoms with van der Waals surface area (Å²) in [5, 5.41) is 9.01. The van der Waals surface area contributed by atoms with Crippen molar-refractivity contribution in [2.24, 2.45) is 0 Å². The van der Waals surface area contributed by atoms with Crippen LogP contribution in [-0.2, 0) is 0 Å². The molecule has 1 aliphatic rings. The molecule has 4 rings (SSSR count). The molecule has 27 heavy (non-hydrogen) atoms. The summed E-state index contributed by atoms with van der Waals surface area (Å²) < 4.78 is 1.68. The number of rotatable bonds is 2. The zero-order valence-corrected chi connectivity index (χ0v) is 16.0. The smallest absolute Gasteiger partial charge is 0.259 e. The molecule has 1 aliphatic heterocycles. The predicted octanol–water partition coefficient (Wildman–Crippen LogP) is 4.12. The van der Waals surface area contributed by atoms with E-state index in [0.29, 0.717) is 16.4 Å². The Kier molecular flexibility index (Phi) is 4.28. The Bertz CT molecular complexity index is 1050. The molecule has 0 aliphatic carbocycles. The first-order valence-corrected chi connectivity index (χ1v) is 9.00. The molecule has 0 saturated carbocycles. The van der Waals surface area contributed by atoms with Crippen molar-refractivity contribution in [3.05, 3.63) is 75.8 Å². The van der Waals surface area contributed by atoms with E-state index in [9.17, 15) is 4.79 Å². The van der Waals surface area contributed by atoms with Gasteiger partial charge in [-0.2, -0.15) is 4.68 Å². The molecule has 3 aromatic rings. The molecule has 2 aromatic heterocycles.